The Kier molecular flexibility index (Phi) is 4.62. The SMILES string of the molecule is COC(=O)CN(CC(C)C)C(=O)c1cccc2cc[nH]c12. The number of nitrogens with zero attached hydrogens (tertiary/aromatic N) is 1. The second kappa shape index (κ2) is 6.43. The first kappa shape index (κ1) is 15.1. The van der Waals surface area contributed by atoms with E-state index in [0.29, 0.717) is 12.1 Å². The van der Waals surface area contributed by atoms with E-state index in [1.165, 1.54) is 12.0 Å². The van der Waals surface area contributed by atoms with Crippen molar-refractivity contribution < 1.29 is 14.3 Å². The van der Waals surface area contributed by atoms with E-state index in [1.54, 1.807) is 12.3 Å². The van der Waals surface area contributed by atoms with Crippen LogP contribution in [0.1, 0.15) is 24.2 Å². The summed E-state index contributed by atoms with van der Waals surface area (Å²) in [5.74, 6) is -0.314. The largest absolute Gasteiger partial charge is 0.468 e. The van der Waals surface area contributed by atoms with Crippen LogP contribution < -0.4 is 0 Å². The molecule has 1 N–H and O–H groups in total. The number of esters is 1. The number of carbonyl (C=O) groups excluding carboxylic acids is 2. The molecule has 0 aliphatic carbocycles. The number of aromatic nitrogens is 1. The summed E-state index contributed by atoms with van der Waals surface area (Å²) in [7, 11) is 1.33. The first-order valence-electron chi connectivity index (χ1n) is 6.95. The number of hydrogen-bond acceptors (Lipinski definition) is 3. The van der Waals surface area contributed by atoms with Gasteiger partial charge in [-0.15, -0.1) is 0 Å². The van der Waals surface area contributed by atoms with Crippen molar-refractivity contribution in [2.45, 2.75) is 13.8 Å². The lowest BCUT2D eigenvalue weighted by Crippen LogP contribution is -2.38. The molecule has 21 heavy (non-hydrogen) atoms. The molecular weight excluding hydrogens is 268 g/mol. The molecule has 1 aromatic heterocycles. The van der Waals surface area contributed by atoms with Crippen LogP contribution in [0, 0.1) is 5.92 Å². The first-order valence-corrected chi connectivity index (χ1v) is 6.95. The summed E-state index contributed by atoms with van der Waals surface area (Å²) in [5, 5.41) is 0.975. The van der Waals surface area contributed by atoms with Crippen molar-refractivity contribution in [3.05, 3.63) is 36.0 Å². The van der Waals surface area contributed by atoms with Crippen LogP contribution in [0.3, 0.4) is 0 Å². The Morgan fingerprint density at radius 1 is 1.29 bits per heavy atom. The van der Waals surface area contributed by atoms with Crippen molar-refractivity contribution in [1.29, 1.82) is 0 Å². The van der Waals surface area contributed by atoms with E-state index in [2.05, 4.69) is 9.72 Å². The van der Waals surface area contributed by atoms with Crippen LogP contribution in [0.2, 0.25) is 0 Å². The third-order valence-electron chi connectivity index (χ3n) is 3.24. The number of amides is 1. The van der Waals surface area contributed by atoms with Gasteiger partial charge in [0.1, 0.15) is 6.54 Å². The lowest BCUT2D eigenvalue weighted by atomic mass is 10.1. The standard InChI is InChI=1S/C16H20N2O3/c1-11(2)9-18(10-14(19)21-3)16(20)13-6-4-5-12-7-8-17-15(12)13/h4-8,11,17H,9-10H2,1-3H3. The third kappa shape index (κ3) is 3.42. The molecule has 5 heteroatoms. The molecule has 1 heterocycles. The molecule has 0 fully saturated rings. The van der Waals surface area contributed by atoms with Crippen LogP contribution in [0.25, 0.3) is 10.9 Å². The van der Waals surface area contributed by atoms with Gasteiger partial charge in [-0.1, -0.05) is 26.0 Å². The highest BCUT2D eigenvalue weighted by Gasteiger charge is 2.22. The second-order valence-corrected chi connectivity index (χ2v) is 5.40. The fourth-order valence-corrected chi connectivity index (χ4v) is 2.31. The lowest BCUT2D eigenvalue weighted by Gasteiger charge is -2.23. The smallest absolute Gasteiger partial charge is 0.325 e. The fraction of sp³-hybridized carbons (Fsp3) is 0.375. The Morgan fingerprint density at radius 3 is 2.71 bits per heavy atom. The van der Waals surface area contributed by atoms with Gasteiger partial charge in [0.2, 0.25) is 0 Å². The van der Waals surface area contributed by atoms with Gasteiger partial charge in [-0.25, -0.2) is 0 Å². The topological polar surface area (TPSA) is 62.4 Å². The van der Waals surface area contributed by atoms with Gasteiger partial charge in [-0.3, -0.25) is 9.59 Å². The second-order valence-electron chi connectivity index (χ2n) is 5.40. The summed E-state index contributed by atoms with van der Waals surface area (Å²) >= 11 is 0. The van der Waals surface area contributed by atoms with Crippen LogP contribution in [0.15, 0.2) is 30.5 Å². The number of hydrogen-bond donors (Lipinski definition) is 1. The normalized spacial score (nSPS) is 10.9. The van der Waals surface area contributed by atoms with Crippen molar-refractivity contribution >= 4 is 22.8 Å². The van der Waals surface area contributed by atoms with Gasteiger partial charge in [-0.05, 0) is 18.1 Å². The molecule has 0 radical (unpaired) electrons. The predicted octanol–water partition coefficient (Wildman–Crippen LogP) is 2.44. The fourth-order valence-electron chi connectivity index (χ4n) is 2.31. The zero-order valence-electron chi connectivity index (χ0n) is 12.6. The van der Waals surface area contributed by atoms with E-state index in [1.807, 2.05) is 32.0 Å². The van der Waals surface area contributed by atoms with Crippen LogP contribution in [0.4, 0.5) is 0 Å². The highest BCUT2D eigenvalue weighted by Crippen LogP contribution is 2.19. The summed E-state index contributed by atoms with van der Waals surface area (Å²) in [6.45, 7) is 4.48. The minimum Gasteiger partial charge on any atom is -0.468 e. The summed E-state index contributed by atoms with van der Waals surface area (Å²) in [6.07, 6.45) is 1.80. The molecule has 0 aliphatic rings. The highest BCUT2D eigenvalue weighted by molar-refractivity contribution is 6.06. The predicted molar refractivity (Wildman–Crippen MR) is 81.1 cm³/mol. The van der Waals surface area contributed by atoms with E-state index in [9.17, 15) is 9.59 Å². The molecule has 112 valence electrons. The molecule has 2 aromatic rings. The van der Waals surface area contributed by atoms with Crippen molar-refractivity contribution in [2.24, 2.45) is 5.92 Å². The summed E-state index contributed by atoms with van der Waals surface area (Å²) in [5.41, 5.74) is 1.36. The molecule has 0 unspecified atom stereocenters. The van der Waals surface area contributed by atoms with E-state index >= 15 is 0 Å². The summed E-state index contributed by atoms with van der Waals surface area (Å²) in [6, 6.07) is 7.47. The number of nitrogens with one attached hydrogen (secondary N) is 1. The van der Waals surface area contributed by atoms with Crippen molar-refractivity contribution in [1.82, 2.24) is 9.88 Å². The number of ether oxygens (including phenoxy) is 1. The zero-order valence-corrected chi connectivity index (χ0v) is 12.6. The van der Waals surface area contributed by atoms with E-state index < -0.39 is 5.97 Å². The molecule has 0 spiro atoms. The van der Waals surface area contributed by atoms with E-state index in [-0.39, 0.29) is 18.4 Å². The Morgan fingerprint density at radius 2 is 2.05 bits per heavy atom. The average molecular weight is 288 g/mol. The molecular formula is C16H20N2O3. The minimum atomic E-state index is -0.414. The van der Waals surface area contributed by atoms with Gasteiger partial charge in [0.15, 0.2) is 0 Å². The quantitative estimate of drug-likeness (QED) is 0.860. The third-order valence-corrected chi connectivity index (χ3v) is 3.24. The molecule has 0 atom stereocenters. The molecule has 5 nitrogen and oxygen atoms in total. The van der Waals surface area contributed by atoms with Gasteiger partial charge < -0.3 is 14.6 Å². The summed E-state index contributed by atoms with van der Waals surface area (Å²) < 4.78 is 4.68. The number of rotatable bonds is 5. The lowest BCUT2D eigenvalue weighted by molar-refractivity contribution is -0.141. The van der Waals surface area contributed by atoms with Gasteiger partial charge in [0.05, 0.1) is 18.2 Å². The number of aromatic amines is 1. The Balaban J connectivity index is 2.32. The van der Waals surface area contributed by atoms with Crippen LogP contribution in [0.5, 0.6) is 0 Å². The summed E-state index contributed by atoms with van der Waals surface area (Å²) in [4.78, 5) is 28.9. The van der Waals surface area contributed by atoms with Crippen LogP contribution in [-0.2, 0) is 9.53 Å². The number of methoxy groups -OCH3 is 1. The number of fused-ring (bicyclic) bond motifs is 1. The maximum Gasteiger partial charge on any atom is 0.325 e. The molecule has 0 saturated heterocycles. The molecule has 1 aromatic carbocycles. The van der Waals surface area contributed by atoms with Crippen LogP contribution >= 0.6 is 0 Å². The van der Waals surface area contributed by atoms with Gasteiger partial charge in [-0.2, -0.15) is 0 Å². The number of carbonyl (C=O) groups is 2. The maximum atomic E-state index is 12.7. The Labute approximate surface area is 123 Å². The molecule has 2 rings (SSSR count). The number of para-hydroxylation sites is 1. The van der Waals surface area contributed by atoms with Gasteiger partial charge in [0, 0.05) is 18.1 Å². The minimum absolute atomic E-state index is 0.0371. The Bertz CT molecular complexity index is 646. The Hall–Kier alpha value is -2.30. The van der Waals surface area contributed by atoms with E-state index in [0.717, 1.165) is 10.9 Å². The number of benzene rings is 1. The average Bonchev–Trinajstić information content (AvgIpc) is 2.93. The van der Waals surface area contributed by atoms with Crippen LogP contribution in [-0.4, -0.2) is 42.0 Å². The van der Waals surface area contributed by atoms with Crippen molar-refractivity contribution in [3.63, 3.8) is 0 Å². The van der Waals surface area contributed by atoms with Crippen molar-refractivity contribution in [3.8, 4) is 0 Å². The van der Waals surface area contributed by atoms with Gasteiger partial charge in [0.25, 0.3) is 5.91 Å². The van der Waals surface area contributed by atoms with Gasteiger partial charge >= 0.3 is 5.97 Å². The first-order chi connectivity index (χ1) is 10.0. The monoisotopic (exact) mass is 288 g/mol. The molecule has 0 saturated carbocycles. The van der Waals surface area contributed by atoms with E-state index in [4.69, 9.17) is 0 Å². The number of H-pyrrole nitrogens is 1. The molecule has 1 amide bonds. The maximum absolute atomic E-state index is 12.7. The molecule has 0 bridgehead atoms. The molecule has 0 aliphatic heterocycles. The highest BCUT2D eigenvalue weighted by atomic mass is 16.5. The zero-order chi connectivity index (χ0) is 15.4. The van der Waals surface area contributed by atoms with Crippen molar-refractivity contribution in [2.75, 3.05) is 20.2 Å².